The average Bonchev–Trinajstić information content (AvgIpc) is 3.49. The molecule has 0 nitrogen and oxygen atoms in total. The van der Waals surface area contributed by atoms with E-state index in [0.717, 1.165) is 0 Å². The summed E-state index contributed by atoms with van der Waals surface area (Å²) in [5.74, 6) is 0.513. The summed E-state index contributed by atoms with van der Waals surface area (Å²) in [6.45, 7) is 16.5. The van der Waals surface area contributed by atoms with E-state index in [2.05, 4.69) is 149 Å². The fourth-order valence-electron chi connectivity index (χ4n) is 8.45. The van der Waals surface area contributed by atoms with Crippen LogP contribution in [-0.2, 0) is 17.4 Å². The van der Waals surface area contributed by atoms with Crippen LogP contribution in [0.4, 0.5) is 0 Å². The number of hydrogen-bond acceptors (Lipinski definition) is 0. The minimum atomic E-state index is -3.65. The second-order valence-corrected chi connectivity index (χ2v) is 44.8. The Kier molecular flexibility index (Phi) is 9.54. The maximum absolute atomic E-state index is 3.65. The fourth-order valence-corrected chi connectivity index (χ4v) is 29.1. The van der Waals surface area contributed by atoms with E-state index < -0.39 is 17.4 Å². The van der Waals surface area contributed by atoms with Crippen LogP contribution in [0.3, 0.4) is 0 Å². The zero-order chi connectivity index (χ0) is 29.3. The van der Waals surface area contributed by atoms with Crippen molar-refractivity contribution in [2.45, 2.75) is 58.1 Å². The molecule has 0 bridgehead atoms. The van der Waals surface area contributed by atoms with Crippen molar-refractivity contribution in [3.63, 3.8) is 0 Å². The first-order valence-corrected chi connectivity index (χ1v) is 28.9. The Balaban J connectivity index is 0.00000212. The molecule has 0 saturated carbocycles. The molecule has 0 aromatic heterocycles. The van der Waals surface area contributed by atoms with E-state index in [9.17, 15) is 0 Å². The zero-order valence-corrected chi connectivity index (χ0v) is 32.4. The van der Waals surface area contributed by atoms with Gasteiger partial charge in [-0.25, -0.2) is 0 Å². The fraction of sp³-hybridized carbons (Fsp3) is 0.282. The number of aryl methyl sites for hydroxylation is 3. The third-order valence-electron chi connectivity index (χ3n) is 9.90. The van der Waals surface area contributed by atoms with Gasteiger partial charge in [-0.2, -0.15) is 0 Å². The quantitative estimate of drug-likeness (QED) is 0.181. The summed E-state index contributed by atoms with van der Waals surface area (Å²) < 4.78 is 6.59. The normalized spacial score (nSPS) is 17.4. The van der Waals surface area contributed by atoms with Gasteiger partial charge >= 0.3 is 252 Å². The van der Waals surface area contributed by atoms with Crippen LogP contribution in [0.5, 0.6) is 0 Å². The van der Waals surface area contributed by atoms with Gasteiger partial charge in [0.05, 0.1) is 0 Å². The molecule has 4 aromatic rings. The van der Waals surface area contributed by atoms with Crippen LogP contribution in [-0.4, -0.2) is 6.88 Å². The van der Waals surface area contributed by atoms with Crippen LogP contribution in [0.25, 0.3) is 34.4 Å². The van der Waals surface area contributed by atoms with Crippen molar-refractivity contribution in [3.8, 4) is 22.3 Å². The van der Waals surface area contributed by atoms with Gasteiger partial charge in [0.15, 0.2) is 0 Å². The summed E-state index contributed by atoms with van der Waals surface area (Å²) in [5.41, 5.74) is 18.9. The maximum Gasteiger partial charge on any atom is -0.147 e. The Hall–Kier alpha value is -1.96. The molecular formula is C39H46Cl2SiZr. The molecule has 0 N–H and O–H groups in total. The molecule has 2 aliphatic carbocycles. The number of allylic oxidation sites excluding steroid dienone is 2. The predicted octanol–water partition coefficient (Wildman–Crippen LogP) is 11.4. The molecule has 0 saturated heterocycles. The SMILES string of the molecule is CC1=Cc2c(-c3ccccc3)ccc(C)c2[CH]1[Zr]([CH3])([CH3])(=[SiH2])[CH]1C(C(C)C)=Cc2c(-c3cc(C)cc(C)c3)cccc21.Cl.Cl. The van der Waals surface area contributed by atoms with Crippen LogP contribution in [0.15, 0.2) is 90.0 Å². The molecule has 4 heteroatoms. The molecule has 4 aromatic carbocycles. The van der Waals surface area contributed by atoms with Gasteiger partial charge < -0.3 is 0 Å². The van der Waals surface area contributed by atoms with E-state index in [1.807, 2.05) is 0 Å². The first kappa shape index (κ1) is 33.9. The van der Waals surface area contributed by atoms with Crippen LogP contribution in [0, 0.1) is 26.7 Å². The largest absolute Gasteiger partial charge is 0.147 e. The number of halogens is 2. The first-order valence-electron chi connectivity index (χ1n) is 15.2. The molecule has 0 heterocycles. The van der Waals surface area contributed by atoms with Gasteiger partial charge in [-0.3, -0.25) is 0 Å². The molecule has 0 fully saturated rings. The van der Waals surface area contributed by atoms with Gasteiger partial charge in [0, 0.05) is 0 Å². The zero-order valence-electron chi connectivity index (χ0n) is 26.9. The minimum absolute atomic E-state index is 0. The molecule has 2 aliphatic rings. The maximum atomic E-state index is 2.77. The van der Waals surface area contributed by atoms with Crippen LogP contribution in [0.2, 0.25) is 9.26 Å². The minimum Gasteiger partial charge on any atom is -0.147 e. The molecule has 0 aliphatic heterocycles. The monoisotopic (exact) mass is 702 g/mol. The second kappa shape index (κ2) is 12.1. The topological polar surface area (TPSA) is 0 Å². The van der Waals surface area contributed by atoms with E-state index in [0.29, 0.717) is 13.2 Å². The van der Waals surface area contributed by atoms with Crippen molar-refractivity contribution in [2.24, 2.45) is 5.92 Å². The third-order valence-corrected chi connectivity index (χ3v) is 27.5. The second-order valence-electron chi connectivity index (χ2n) is 14.3. The molecule has 2 unspecified atom stereocenters. The van der Waals surface area contributed by atoms with E-state index in [1.165, 1.54) is 50.1 Å². The van der Waals surface area contributed by atoms with Crippen molar-refractivity contribution in [1.82, 2.24) is 0 Å². The summed E-state index contributed by atoms with van der Waals surface area (Å²) in [5, 5.41) is 0. The molecule has 0 spiro atoms. The Bertz CT molecular complexity index is 1820. The van der Waals surface area contributed by atoms with Gasteiger partial charge in [0.2, 0.25) is 0 Å². The van der Waals surface area contributed by atoms with Gasteiger partial charge in [-0.15, -0.1) is 24.8 Å². The van der Waals surface area contributed by atoms with Gasteiger partial charge in [0.25, 0.3) is 0 Å². The van der Waals surface area contributed by atoms with Crippen molar-refractivity contribution < 1.29 is 17.4 Å². The van der Waals surface area contributed by atoms with Crippen molar-refractivity contribution >= 4 is 43.8 Å². The molecule has 0 amide bonds. The van der Waals surface area contributed by atoms with Crippen molar-refractivity contribution in [2.75, 3.05) is 0 Å². The Labute approximate surface area is 274 Å². The van der Waals surface area contributed by atoms with Crippen molar-refractivity contribution in [3.05, 3.63) is 129 Å². The summed E-state index contributed by atoms with van der Waals surface area (Å²) >= 11 is -3.65. The molecule has 6 rings (SSSR count). The van der Waals surface area contributed by atoms with E-state index in [-0.39, 0.29) is 24.8 Å². The van der Waals surface area contributed by atoms with E-state index in [1.54, 1.807) is 22.3 Å². The van der Waals surface area contributed by atoms with E-state index in [4.69, 9.17) is 0 Å². The number of benzene rings is 4. The number of fused-ring (bicyclic) bond motifs is 2. The summed E-state index contributed by atoms with van der Waals surface area (Å²) in [6.07, 6.45) is 5.15. The molecule has 43 heavy (non-hydrogen) atoms. The number of rotatable bonds is 5. The van der Waals surface area contributed by atoms with E-state index >= 15 is 0 Å². The Morgan fingerprint density at radius 1 is 0.651 bits per heavy atom. The van der Waals surface area contributed by atoms with Crippen LogP contribution < -0.4 is 0 Å². The van der Waals surface area contributed by atoms with Gasteiger partial charge in [0.1, 0.15) is 0 Å². The molecule has 0 radical (unpaired) electrons. The summed E-state index contributed by atoms with van der Waals surface area (Å²) in [4.78, 5) is 0. The molecule has 2 atom stereocenters. The summed E-state index contributed by atoms with van der Waals surface area (Å²) in [6, 6.07) is 29.9. The Morgan fingerprint density at radius 2 is 1.28 bits per heavy atom. The van der Waals surface area contributed by atoms with Crippen molar-refractivity contribution in [1.29, 1.82) is 0 Å². The standard InChI is InChI=1S/C20H21.C17H15.2CH3.2ClH.H2Si.Zr/c1-13(2)17-11-16-6-5-7-19(20(16)12-17)18-9-14(3)8-15(4)10-18;1-12-10-16-13(2)8-9-15(17(16)11-12)14-6-4-3-5-7-14;;;;;;/h5-13H,1-4H3;3-11H,1-2H3;2*1H3;2*1H;1H2;. The molecular weight excluding hydrogens is 659 g/mol. The van der Waals surface area contributed by atoms with Crippen LogP contribution >= 0.6 is 24.8 Å². The van der Waals surface area contributed by atoms with Gasteiger partial charge in [-0.1, -0.05) is 0 Å². The molecule has 224 valence electrons. The third kappa shape index (κ3) is 5.68. The van der Waals surface area contributed by atoms with Gasteiger partial charge in [-0.05, 0) is 0 Å². The first-order chi connectivity index (χ1) is 19.4. The Morgan fingerprint density at radius 3 is 1.91 bits per heavy atom. The summed E-state index contributed by atoms with van der Waals surface area (Å²) in [7, 11) is 0. The smallest absolute Gasteiger partial charge is 0.147 e. The average molecular weight is 705 g/mol. The predicted molar refractivity (Wildman–Crippen MR) is 195 cm³/mol. The number of hydrogen-bond donors (Lipinski definition) is 0. The van der Waals surface area contributed by atoms with Crippen LogP contribution in [0.1, 0.15) is 67.0 Å².